The molecule has 1 aromatic rings. The lowest BCUT2D eigenvalue weighted by Crippen LogP contribution is -2.46. The summed E-state index contributed by atoms with van der Waals surface area (Å²) < 4.78 is 14.0. The Bertz CT molecular complexity index is 534. The number of halogens is 2. The minimum atomic E-state index is -0.681. The molecule has 0 saturated carbocycles. The third-order valence-electron chi connectivity index (χ3n) is 3.08. The van der Waals surface area contributed by atoms with Crippen molar-refractivity contribution >= 4 is 23.4 Å². The molecule has 2 atom stereocenters. The Morgan fingerprint density at radius 1 is 1.19 bits per heavy atom. The van der Waals surface area contributed by atoms with E-state index >= 15 is 0 Å². The smallest absolute Gasteiger partial charge is 0.242 e. The summed E-state index contributed by atoms with van der Waals surface area (Å²) in [6, 6.07) is 3.19. The molecule has 6 heteroatoms. The first-order valence-electron chi connectivity index (χ1n) is 6.74. The topological polar surface area (TPSA) is 58.2 Å². The van der Waals surface area contributed by atoms with Gasteiger partial charge in [0.15, 0.2) is 0 Å². The molecule has 0 spiro atoms. The first kappa shape index (κ1) is 17.4. The lowest BCUT2D eigenvalue weighted by atomic mass is 9.95. The van der Waals surface area contributed by atoms with Crippen molar-refractivity contribution in [2.75, 3.05) is 0 Å². The molecule has 0 saturated heterocycles. The van der Waals surface area contributed by atoms with E-state index in [0.717, 1.165) is 0 Å². The average molecular weight is 315 g/mol. The molecule has 2 N–H and O–H groups in total. The zero-order chi connectivity index (χ0) is 16.2. The molecule has 1 rings (SSSR count). The van der Waals surface area contributed by atoms with Crippen molar-refractivity contribution in [3.05, 3.63) is 34.6 Å². The molecule has 0 heterocycles. The van der Waals surface area contributed by atoms with Crippen LogP contribution in [0.3, 0.4) is 0 Å². The first-order valence-corrected chi connectivity index (χ1v) is 7.12. The minimum Gasteiger partial charge on any atom is -0.347 e. The Labute approximate surface area is 129 Å². The molecular weight excluding hydrogens is 295 g/mol. The van der Waals surface area contributed by atoms with E-state index in [1.54, 1.807) is 19.1 Å². The number of hydrogen-bond donors (Lipinski definition) is 2. The highest BCUT2D eigenvalue weighted by molar-refractivity contribution is 6.30. The quantitative estimate of drug-likeness (QED) is 0.878. The fraction of sp³-hybridized carbons (Fsp3) is 0.467. The summed E-state index contributed by atoms with van der Waals surface area (Å²) >= 11 is 5.74. The number of carbonyl (C=O) groups excluding carboxylic acids is 2. The van der Waals surface area contributed by atoms with E-state index in [1.165, 1.54) is 13.0 Å². The van der Waals surface area contributed by atoms with Crippen LogP contribution in [0.4, 0.5) is 4.39 Å². The van der Waals surface area contributed by atoms with Gasteiger partial charge in [-0.3, -0.25) is 9.59 Å². The van der Waals surface area contributed by atoms with Gasteiger partial charge >= 0.3 is 0 Å². The molecule has 0 aromatic heterocycles. The highest BCUT2D eigenvalue weighted by Crippen LogP contribution is 2.26. The summed E-state index contributed by atoms with van der Waals surface area (Å²) in [6.07, 6.45) is 0. The number of hydrogen-bond acceptors (Lipinski definition) is 2. The molecule has 0 radical (unpaired) electrons. The Kier molecular flexibility index (Phi) is 6.15. The van der Waals surface area contributed by atoms with Gasteiger partial charge < -0.3 is 10.6 Å². The third kappa shape index (κ3) is 5.01. The van der Waals surface area contributed by atoms with Crippen LogP contribution < -0.4 is 10.6 Å². The summed E-state index contributed by atoms with van der Waals surface area (Å²) in [6.45, 7) is 6.67. The van der Waals surface area contributed by atoms with Crippen molar-refractivity contribution in [1.29, 1.82) is 0 Å². The molecule has 0 aliphatic carbocycles. The largest absolute Gasteiger partial charge is 0.347 e. The second-order valence-corrected chi connectivity index (χ2v) is 5.75. The van der Waals surface area contributed by atoms with E-state index in [0.29, 0.717) is 10.6 Å². The Morgan fingerprint density at radius 2 is 1.81 bits per heavy atom. The highest BCUT2D eigenvalue weighted by Gasteiger charge is 2.24. The summed E-state index contributed by atoms with van der Waals surface area (Å²) in [5.41, 5.74) is 0.373. The lowest BCUT2D eigenvalue weighted by molar-refractivity contribution is -0.128. The molecule has 21 heavy (non-hydrogen) atoms. The maximum atomic E-state index is 14.0. The lowest BCUT2D eigenvalue weighted by Gasteiger charge is -2.25. The summed E-state index contributed by atoms with van der Waals surface area (Å²) in [4.78, 5) is 23.0. The molecule has 2 amide bonds. The molecule has 4 nitrogen and oxygen atoms in total. The second kappa shape index (κ2) is 7.41. The van der Waals surface area contributed by atoms with Crippen LogP contribution in [-0.4, -0.2) is 17.9 Å². The second-order valence-electron chi connectivity index (χ2n) is 5.32. The van der Waals surface area contributed by atoms with Crippen molar-refractivity contribution in [1.82, 2.24) is 10.6 Å². The van der Waals surface area contributed by atoms with E-state index < -0.39 is 17.9 Å². The van der Waals surface area contributed by atoms with Crippen molar-refractivity contribution in [2.45, 2.75) is 39.8 Å². The predicted molar refractivity (Wildman–Crippen MR) is 80.4 cm³/mol. The van der Waals surface area contributed by atoms with E-state index in [2.05, 4.69) is 10.6 Å². The normalized spacial score (nSPS) is 13.7. The van der Waals surface area contributed by atoms with Crippen LogP contribution in [0.1, 0.15) is 39.3 Å². The zero-order valence-electron chi connectivity index (χ0n) is 12.5. The Hall–Kier alpha value is -1.62. The first-order chi connectivity index (χ1) is 9.72. The molecule has 116 valence electrons. The van der Waals surface area contributed by atoms with Crippen LogP contribution in [0, 0.1) is 11.7 Å². The van der Waals surface area contributed by atoms with E-state index in [4.69, 9.17) is 11.6 Å². The maximum Gasteiger partial charge on any atom is 0.242 e. The van der Waals surface area contributed by atoms with Gasteiger partial charge in [-0.1, -0.05) is 31.5 Å². The average Bonchev–Trinajstić information content (AvgIpc) is 2.35. The van der Waals surface area contributed by atoms with Crippen LogP contribution in [0.2, 0.25) is 5.02 Å². The van der Waals surface area contributed by atoms with Crippen LogP contribution in [0.25, 0.3) is 0 Å². The molecule has 0 aliphatic rings. The van der Waals surface area contributed by atoms with Gasteiger partial charge in [0, 0.05) is 17.5 Å². The molecule has 0 bridgehead atoms. The van der Waals surface area contributed by atoms with Crippen LogP contribution in [0.5, 0.6) is 0 Å². The predicted octanol–water partition coefficient (Wildman–Crippen LogP) is 2.82. The third-order valence-corrected chi connectivity index (χ3v) is 3.31. The monoisotopic (exact) mass is 314 g/mol. The van der Waals surface area contributed by atoms with Crippen molar-refractivity contribution in [3.63, 3.8) is 0 Å². The summed E-state index contributed by atoms with van der Waals surface area (Å²) in [7, 11) is 0. The van der Waals surface area contributed by atoms with Crippen LogP contribution >= 0.6 is 11.6 Å². The van der Waals surface area contributed by atoms with Crippen LogP contribution in [0.15, 0.2) is 18.2 Å². The fourth-order valence-corrected chi connectivity index (χ4v) is 2.16. The minimum absolute atomic E-state index is 0.0193. The molecule has 0 fully saturated rings. The number of nitrogens with one attached hydrogen (secondary N) is 2. The number of carbonyl (C=O) groups is 2. The van der Waals surface area contributed by atoms with E-state index in [1.807, 2.05) is 13.8 Å². The van der Waals surface area contributed by atoms with Gasteiger partial charge in [0.1, 0.15) is 11.9 Å². The molecule has 0 aliphatic heterocycles. The maximum absolute atomic E-state index is 14.0. The van der Waals surface area contributed by atoms with E-state index in [9.17, 15) is 14.0 Å². The highest BCUT2D eigenvalue weighted by atomic mass is 35.5. The van der Waals surface area contributed by atoms with Gasteiger partial charge in [0.05, 0.1) is 6.04 Å². The van der Waals surface area contributed by atoms with Gasteiger partial charge in [0.25, 0.3) is 0 Å². The van der Waals surface area contributed by atoms with Crippen molar-refractivity contribution in [3.8, 4) is 0 Å². The Balaban J connectivity index is 2.93. The van der Waals surface area contributed by atoms with Gasteiger partial charge in [-0.15, -0.1) is 0 Å². The Morgan fingerprint density at radius 3 is 2.29 bits per heavy atom. The van der Waals surface area contributed by atoms with Crippen molar-refractivity contribution < 1.29 is 14.0 Å². The number of rotatable bonds is 5. The van der Waals surface area contributed by atoms with E-state index in [-0.39, 0.29) is 17.7 Å². The molecule has 0 unspecified atom stereocenters. The molecule has 1 aromatic carbocycles. The number of benzene rings is 1. The molecular formula is C15H20ClFN2O2. The summed E-state index contributed by atoms with van der Waals surface area (Å²) in [5, 5.41) is 5.56. The van der Waals surface area contributed by atoms with Crippen LogP contribution in [-0.2, 0) is 9.59 Å². The number of amides is 2. The van der Waals surface area contributed by atoms with Gasteiger partial charge in [-0.05, 0) is 25.0 Å². The zero-order valence-corrected chi connectivity index (χ0v) is 13.3. The summed E-state index contributed by atoms with van der Waals surface area (Å²) in [5.74, 6) is -1.14. The fourth-order valence-electron chi connectivity index (χ4n) is 2.01. The SMILES string of the molecule is CC(=O)N[C@@H](C)C(=O)N[C@H](c1ccc(Cl)cc1F)C(C)C. The van der Waals surface area contributed by atoms with Gasteiger partial charge in [0.2, 0.25) is 11.8 Å². The van der Waals surface area contributed by atoms with Gasteiger partial charge in [-0.25, -0.2) is 4.39 Å². The van der Waals surface area contributed by atoms with Crippen molar-refractivity contribution in [2.24, 2.45) is 5.92 Å². The van der Waals surface area contributed by atoms with Gasteiger partial charge in [-0.2, -0.15) is 0 Å². The standard InChI is InChI=1S/C15H20ClFN2O2/c1-8(2)14(12-6-5-11(16)7-13(12)17)19-15(21)9(3)18-10(4)20/h5-9,14H,1-4H3,(H,18,20)(H,19,21)/t9-,14-/m0/s1.